The quantitative estimate of drug-likeness (QED) is 0.670. The minimum absolute atomic E-state index is 0.204. The molecule has 0 spiro atoms. The zero-order valence-corrected chi connectivity index (χ0v) is 18.1. The summed E-state index contributed by atoms with van der Waals surface area (Å²) in [6.07, 6.45) is 1.03. The normalized spacial score (nSPS) is 12.3. The van der Waals surface area contributed by atoms with E-state index < -0.39 is 22.0 Å². The molecule has 0 fully saturated rings. The summed E-state index contributed by atoms with van der Waals surface area (Å²) in [4.78, 5) is 12.6. The summed E-state index contributed by atoms with van der Waals surface area (Å²) >= 11 is 11.9. The molecule has 0 aliphatic rings. The third kappa shape index (κ3) is 5.77. The van der Waals surface area contributed by atoms with E-state index in [9.17, 15) is 13.2 Å². The maximum absolute atomic E-state index is 12.6. The number of nitrogens with one attached hydrogen (secondary N) is 1. The van der Waals surface area contributed by atoms with Gasteiger partial charge in [0.05, 0.1) is 28.6 Å². The van der Waals surface area contributed by atoms with Crippen molar-refractivity contribution in [3.05, 3.63) is 58.1 Å². The van der Waals surface area contributed by atoms with E-state index in [1.165, 1.54) is 25.1 Å². The van der Waals surface area contributed by atoms with Crippen molar-refractivity contribution >= 4 is 44.8 Å². The van der Waals surface area contributed by atoms with Crippen molar-refractivity contribution < 1.29 is 17.9 Å². The molecule has 0 unspecified atom stereocenters. The van der Waals surface area contributed by atoms with Crippen molar-refractivity contribution in [2.75, 3.05) is 17.2 Å². The van der Waals surface area contributed by atoms with Crippen molar-refractivity contribution in [3.63, 3.8) is 0 Å². The van der Waals surface area contributed by atoms with Crippen molar-refractivity contribution in [1.29, 1.82) is 0 Å². The molecule has 0 saturated carbocycles. The van der Waals surface area contributed by atoms with E-state index in [1.807, 2.05) is 31.2 Å². The Morgan fingerprint density at radius 1 is 1.14 bits per heavy atom. The number of ether oxygens (including phenoxy) is 1. The van der Waals surface area contributed by atoms with Gasteiger partial charge < -0.3 is 10.1 Å². The van der Waals surface area contributed by atoms with Crippen LogP contribution in [0.15, 0.2) is 42.5 Å². The van der Waals surface area contributed by atoms with Crippen LogP contribution in [0.4, 0.5) is 5.69 Å². The Bertz CT molecular complexity index is 933. The fourth-order valence-electron chi connectivity index (χ4n) is 2.64. The van der Waals surface area contributed by atoms with Gasteiger partial charge in [-0.2, -0.15) is 0 Å². The van der Waals surface area contributed by atoms with Crippen LogP contribution in [-0.2, 0) is 21.4 Å². The number of carbonyl (C=O) groups is 1. The first-order valence-electron chi connectivity index (χ1n) is 8.57. The van der Waals surface area contributed by atoms with E-state index in [0.717, 1.165) is 21.9 Å². The van der Waals surface area contributed by atoms with Crippen LogP contribution in [0.2, 0.25) is 10.0 Å². The fourth-order valence-corrected chi connectivity index (χ4v) is 4.10. The first-order valence-corrected chi connectivity index (χ1v) is 11.2. The van der Waals surface area contributed by atoms with E-state index in [1.54, 1.807) is 0 Å². The topological polar surface area (TPSA) is 75.7 Å². The molecular formula is C19H22Cl2N2O4S. The van der Waals surface area contributed by atoms with Gasteiger partial charge in [-0.1, -0.05) is 35.3 Å². The van der Waals surface area contributed by atoms with Crippen molar-refractivity contribution in [2.24, 2.45) is 0 Å². The largest absolute Gasteiger partial charge is 0.494 e. The molecule has 2 aromatic rings. The molecular weight excluding hydrogens is 423 g/mol. The Kier molecular flexibility index (Phi) is 7.57. The first kappa shape index (κ1) is 22.3. The molecule has 0 aliphatic carbocycles. The predicted octanol–water partition coefficient (Wildman–Crippen LogP) is 3.86. The minimum Gasteiger partial charge on any atom is -0.494 e. The molecule has 9 heteroatoms. The Hall–Kier alpha value is -1.96. The Labute approximate surface area is 175 Å². The highest BCUT2D eigenvalue weighted by molar-refractivity contribution is 7.92. The third-order valence-corrected chi connectivity index (χ3v) is 5.93. The van der Waals surface area contributed by atoms with Gasteiger partial charge in [0.15, 0.2) is 0 Å². The number of anilines is 1. The molecule has 0 bridgehead atoms. The smallest absolute Gasteiger partial charge is 0.243 e. The number of rotatable bonds is 8. The van der Waals surface area contributed by atoms with E-state index in [-0.39, 0.29) is 17.3 Å². The molecule has 0 aliphatic heterocycles. The van der Waals surface area contributed by atoms with Crippen LogP contribution in [0.1, 0.15) is 19.4 Å². The second-order valence-electron chi connectivity index (χ2n) is 6.13. The van der Waals surface area contributed by atoms with Crippen LogP contribution < -0.4 is 14.4 Å². The maximum Gasteiger partial charge on any atom is 0.243 e. The average Bonchev–Trinajstić information content (AvgIpc) is 2.63. The molecule has 28 heavy (non-hydrogen) atoms. The van der Waals surface area contributed by atoms with Crippen molar-refractivity contribution in [1.82, 2.24) is 5.32 Å². The number of hydrogen-bond acceptors (Lipinski definition) is 4. The van der Waals surface area contributed by atoms with E-state index in [0.29, 0.717) is 11.6 Å². The van der Waals surface area contributed by atoms with Gasteiger partial charge in [0, 0.05) is 6.54 Å². The van der Waals surface area contributed by atoms with Gasteiger partial charge in [0.2, 0.25) is 15.9 Å². The zero-order valence-electron chi connectivity index (χ0n) is 15.8. The second-order valence-corrected chi connectivity index (χ2v) is 8.80. The van der Waals surface area contributed by atoms with Crippen LogP contribution in [0.5, 0.6) is 5.75 Å². The van der Waals surface area contributed by atoms with Gasteiger partial charge in [-0.25, -0.2) is 8.42 Å². The number of amides is 1. The molecule has 2 rings (SSSR count). The lowest BCUT2D eigenvalue weighted by Crippen LogP contribution is -2.47. The standard InChI is InChI=1S/C19H22Cl2N2O4S/c1-4-27-16-8-5-14(6-9-16)12-22-19(24)13(2)23(28(3,25)26)15-7-10-17(20)18(21)11-15/h5-11,13H,4,12H2,1-3H3,(H,22,24)/t13-/m0/s1. The zero-order chi connectivity index (χ0) is 20.9. The van der Waals surface area contributed by atoms with Gasteiger partial charge in [-0.3, -0.25) is 9.10 Å². The number of nitrogens with zero attached hydrogens (tertiary/aromatic N) is 1. The summed E-state index contributed by atoms with van der Waals surface area (Å²) in [5.41, 5.74) is 1.13. The van der Waals surface area contributed by atoms with E-state index in [4.69, 9.17) is 27.9 Å². The third-order valence-electron chi connectivity index (χ3n) is 3.95. The van der Waals surface area contributed by atoms with Gasteiger partial charge in [-0.15, -0.1) is 0 Å². The van der Waals surface area contributed by atoms with Crippen molar-refractivity contribution in [3.8, 4) is 5.75 Å². The summed E-state index contributed by atoms with van der Waals surface area (Å²) in [6.45, 7) is 4.24. The predicted molar refractivity (Wildman–Crippen MR) is 113 cm³/mol. The maximum atomic E-state index is 12.6. The van der Waals surface area contributed by atoms with Crippen LogP contribution in [0, 0.1) is 0 Å². The first-order chi connectivity index (χ1) is 13.1. The van der Waals surface area contributed by atoms with Gasteiger partial charge in [-0.05, 0) is 49.7 Å². The molecule has 1 N–H and O–H groups in total. The SMILES string of the molecule is CCOc1ccc(CNC(=O)[C@H](C)N(c2ccc(Cl)c(Cl)c2)S(C)(=O)=O)cc1. The molecule has 0 radical (unpaired) electrons. The Balaban J connectivity index is 2.14. The highest BCUT2D eigenvalue weighted by Gasteiger charge is 2.29. The molecule has 0 aromatic heterocycles. The lowest BCUT2D eigenvalue weighted by molar-refractivity contribution is -0.122. The molecule has 2 aromatic carbocycles. The molecule has 1 amide bonds. The lowest BCUT2D eigenvalue weighted by atomic mass is 10.2. The van der Waals surface area contributed by atoms with Gasteiger partial charge in [0.25, 0.3) is 0 Å². The number of benzene rings is 2. The Morgan fingerprint density at radius 2 is 1.79 bits per heavy atom. The molecule has 0 heterocycles. The monoisotopic (exact) mass is 444 g/mol. The van der Waals surface area contributed by atoms with E-state index in [2.05, 4.69) is 5.32 Å². The van der Waals surface area contributed by atoms with Crippen LogP contribution in [-0.4, -0.2) is 33.2 Å². The highest BCUT2D eigenvalue weighted by Crippen LogP contribution is 2.29. The highest BCUT2D eigenvalue weighted by atomic mass is 35.5. The Morgan fingerprint density at radius 3 is 2.32 bits per heavy atom. The molecule has 0 saturated heterocycles. The van der Waals surface area contributed by atoms with Crippen LogP contribution >= 0.6 is 23.2 Å². The fraction of sp³-hybridized carbons (Fsp3) is 0.316. The summed E-state index contributed by atoms with van der Waals surface area (Å²) in [5.74, 6) is 0.305. The number of carbonyl (C=O) groups excluding carboxylic acids is 1. The van der Waals surface area contributed by atoms with Crippen LogP contribution in [0.3, 0.4) is 0 Å². The number of hydrogen-bond donors (Lipinski definition) is 1. The number of halogens is 2. The summed E-state index contributed by atoms with van der Waals surface area (Å²) in [7, 11) is -3.73. The molecule has 1 atom stereocenters. The van der Waals surface area contributed by atoms with Crippen molar-refractivity contribution in [2.45, 2.75) is 26.4 Å². The lowest BCUT2D eigenvalue weighted by Gasteiger charge is -2.28. The number of sulfonamides is 1. The van der Waals surface area contributed by atoms with E-state index >= 15 is 0 Å². The summed E-state index contributed by atoms with van der Waals surface area (Å²) in [5, 5.41) is 3.25. The van der Waals surface area contributed by atoms with Gasteiger partial charge in [0.1, 0.15) is 11.8 Å². The molecule has 6 nitrogen and oxygen atoms in total. The minimum atomic E-state index is -3.73. The van der Waals surface area contributed by atoms with Crippen LogP contribution in [0.25, 0.3) is 0 Å². The second kappa shape index (κ2) is 9.49. The molecule has 152 valence electrons. The average molecular weight is 445 g/mol. The van der Waals surface area contributed by atoms with Gasteiger partial charge >= 0.3 is 0 Å². The summed E-state index contributed by atoms with van der Waals surface area (Å²) in [6, 6.07) is 10.7. The summed E-state index contributed by atoms with van der Waals surface area (Å²) < 4.78 is 31.0.